The molecule has 20 heavy (non-hydrogen) atoms. The second kappa shape index (κ2) is 7.90. The van der Waals surface area contributed by atoms with Crippen LogP contribution in [0.4, 0.5) is 5.13 Å². The molecule has 0 fully saturated rings. The van der Waals surface area contributed by atoms with Crippen molar-refractivity contribution in [3.05, 3.63) is 42.1 Å². The molecule has 0 spiro atoms. The first kappa shape index (κ1) is 14.9. The fraction of sp³-hybridized carbons (Fsp3) is 0.438. The molecule has 2 rings (SSSR count). The lowest BCUT2D eigenvalue weighted by atomic mass is 10.0. The van der Waals surface area contributed by atoms with Crippen LogP contribution < -0.4 is 10.1 Å². The summed E-state index contributed by atoms with van der Waals surface area (Å²) in [6.07, 6.45) is 4.04. The molecule has 0 saturated heterocycles. The maximum atomic E-state index is 5.63. The average Bonchev–Trinajstić information content (AvgIpc) is 2.94. The van der Waals surface area contributed by atoms with Crippen LogP contribution in [0.25, 0.3) is 0 Å². The molecule has 0 radical (unpaired) electrons. The maximum absolute atomic E-state index is 5.63. The summed E-state index contributed by atoms with van der Waals surface area (Å²) >= 11 is 1.58. The Morgan fingerprint density at radius 1 is 1.30 bits per heavy atom. The third kappa shape index (κ3) is 4.53. The van der Waals surface area contributed by atoms with E-state index in [2.05, 4.69) is 48.4 Å². The first-order valence-electron chi connectivity index (χ1n) is 7.17. The Hall–Kier alpha value is -1.55. The number of ether oxygens (including phenoxy) is 1. The van der Waals surface area contributed by atoms with Gasteiger partial charge < -0.3 is 10.1 Å². The SMILES string of the molecule is CCCCOc1cnc(NCC(C)c2ccccc2)s1. The van der Waals surface area contributed by atoms with Crippen LogP contribution in [-0.2, 0) is 0 Å². The fourth-order valence-corrected chi connectivity index (χ4v) is 2.56. The number of nitrogens with zero attached hydrogens (tertiary/aromatic N) is 1. The van der Waals surface area contributed by atoms with E-state index < -0.39 is 0 Å². The zero-order chi connectivity index (χ0) is 14.2. The van der Waals surface area contributed by atoms with Crippen LogP contribution in [0.3, 0.4) is 0 Å². The molecule has 1 atom stereocenters. The molecule has 2 aromatic rings. The van der Waals surface area contributed by atoms with Crippen molar-refractivity contribution in [3.8, 4) is 5.06 Å². The van der Waals surface area contributed by atoms with Crippen LogP contribution in [0.2, 0.25) is 0 Å². The van der Waals surface area contributed by atoms with Gasteiger partial charge in [-0.2, -0.15) is 0 Å². The second-order valence-corrected chi connectivity index (χ2v) is 5.87. The van der Waals surface area contributed by atoms with E-state index in [9.17, 15) is 0 Å². The molecule has 4 heteroatoms. The van der Waals surface area contributed by atoms with Gasteiger partial charge in [0.2, 0.25) is 0 Å². The van der Waals surface area contributed by atoms with Gasteiger partial charge in [0, 0.05) is 6.54 Å². The highest BCUT2D eigenvalue weighted by Crippen LogP contribution is 2.26. The van der Waals surface area contributed by atoms with Crippen molar-refractivity contribution in [2.24, 2.45) is 0 Å². The van der Waals surface area contributed by atoms with Gasteiger partial charge in [0.15, 0.2) is 10.2 Å². The molecule has 0 bridgehead atoms. The van der Waals surface area contributed by atoms with Crippen molar-refractivity contribution in [1.82, 2.24) is 4.98 Å². The Morgan fingerprint density at radius 2 is 2.10 bits per heavy atom. The lowest BCUT2D eigenvalue weighted by molar-refractivity contribution is 0.317. The van der Waals surface area contributed by atoms with E-state index in [0.717, 1.165) is 36.2 Å². The van der Waals surface area contributed by atoms with E-state index in [1.807, 2.05) is 6.07 Å². The monoisotopic (exact) mass is 290 g/mol. The Labute approximate surface area is 125 Å². The minimum Gasteiger partial charge on any atom is -0.483 e. The minimum absolute atomic E-state index is 0.463. The van der Waals surface area contributed by atoms with Gasteiger partial charge in [0.1, 0.15) is 0 Å². The van der Waals surface area contributed by atoms with Crippen LogP contribution in [0, 0.1) is 0 Å². The molecule has 1 unspecified atom stereocenters. The van der Waals surface area contributed by atoms with Gasteiger partial charge in [-0.05, 0) is 17.9 Å². The Balaban J connectivity index is 1.79. The molecular formula is C16H22N2OS. The lowest BCUT2D eigenvalue weighted by Crippen LogP contribution is -2.09. The molecular weight excluding hydrogens is 268 g/mol. The molecule has 0 aliphatic rings. The summed E-state index contributed by atoms with van der Waals surface area (Å²) in [5, 5.41) is 5.21. The van der Waals surface area contributed by atoms with Crippen LogP contribution >= 0.6 is 11.3 Å². The van der Waals surface area contributed by atoms with Crippen molar-refractivity contribution < 1.29 is 4.74 Å². The first-order valence-corrected chi connectivity index (χ1v) is 7.98. The summed E-state index contributed by atoms with van der Waals surface area (Å²) in [5.41, 5.74) is 1.34. The van der Waals surface area contributed by atoms with Crippen molar-refractivity contribution >= 4 is 16.5 Å². The minimum atomic E-state index is 0.463. The maximum Gasteiger partial charge on any atom is 0.195 e. The van der Waals surface area contributed by atoms with Crippen molar-refractivity contribution in [3.63, 3.8) is 0 Å². The van der Waals surface area contributed by atoms with Gasteiger partial charge in [0.25, 0.3) is 0 Å². The Morgan fingerprint density at radius 3 is 2.85 bits per heavy atom. The molecule has 0 saturated carbocycles. The second-order valence-electron chi connectivity index (χ2n) is 4.88. The highest BCUT2D eigenvalue weighted by Gasteiger charge is 2.07. The highest BCUT2D eigenvalue weighted by atomic mass is 32.1. The van der Waals surface area contributed by atoms with E-state index in [4.69, 9.17) is 4.74 Å². The topological polar surface area (TPSA) is 34.1 Å². The molecule has 0 amide bonds. The number of aromatic nitrogens is 1. The van der Waals surface area contributed by atoms with Gasteiger partial charge >= 0.3 is 0 Å². The fourth-order valence-electron chi connectivity index (χ4n) is 1.86. The number of nitrogens with one attached hydrogen (secondary N) is 1. The van der Waals surface area contributed by atoms with E-state index in [1.54, 1.807) is 17.5 Å². The third-order valence-corrected chi connectivity index (χ3v) is 4.02. The van der Waals surface area contributed by atoms with Crippen LogP contribution in [0.15, 0.2) is 36.5 Å². The molecule has 108 valence electrons. The summed E-state index contributed by atoms with van der Waals surface area (Å²) in [6.45, 7) is 6.03. The van der Waals surface area contributed by atoms with Crippen molar-refractivity contribution in [1.29, 1.82) is 0 Å². The van der Waals surface area contributed by atoms with Gasteiger partial charge in [-0.25, -0.2) is 4.98 Å². The van der Waals surface area contributed by atoms with Crippen LogP contribution in [0.5, 0.6) is 5.06 Å². The molecule has 0 aliphatic carbocycles. The molecule has 3 nitrogen and oxygen atoms in total. The average molecular weight is 290 g/mol. The van der Waals surface area contributed by atoms with Crippen LogP contribution in [-0.4, -0.2) is 18.1 Å². The smallest absolute Gasteiger partial charge is 0.195 e. The van der Waals surface area contributed by atoms with E-state index >= 15 is 0 Å². The summed E-state index contributed by atoms with van der Waals surface area (Å²) < 4.78 is 5.63. The third-order valence-electron chi connectivity index (χ3n) is 3.15. The Kier molecular flexibility index (Phi) is 5.87. The van der Waals surface area contributed by atoms with Crippen LogP contribution in [0.1, 0.15) is 38.2 Å². The zero-order valence-electron chi connectivity index (χ0n) is 12.1. The van der Waals surface area contributed by atoms with E-state index in [-0.39, 0.29) is 0 Å². The number of hydrogen-bond acceptors (Lipinski definition) is 4. The summed E-state index contributed by atoms with van der Waals surface area (Å²) in [5.74, 6) is 0.463. The number of hydrogen-bond donors (Lipinski definition) is 1. The predicted molar refractivity (Wildman–Crippen MR) is 85.9 cm³/mol. The molecule has 0 aliphatic heterocycles. The molecule has 1 aromatic heterocycles. The standard InChI is InChI=1S/C16H22N2OS/c1-3-4-10-19-15-12-18-16(20-15)17-11-13(2)14-8-6-5-7-9-14/h5-9,12-13H,3-4,10-11H2,1-2H3,(H,17,18). The van der Waals surface area contributed by atoms with Gasteiger partial charge in [-0.1, -0.05) is 61.9 Å². The predicted octanol–water partition coefficient (Wildman–Crippen LogP) is 4.54. The zero-order valence-corrected chi connectivity index (χ0v) is 13.0. The molecule has 1 aromatic carbocycles. The van der Waals surface area contributed by atoms with Crippen molar-refractivity contribution in [2.75, 3.05) is 18.5 Å². The lowest BCUT2D eigenvalue weighted by Gasteiger charge is -2.11. The Bertz CT molecular complexity index is 498. The normalized spacial score (nSPS) is 12.1. The van der Waals surface area contributed by atoms with E-state index in [1.165, 1.54) is 5.56 Å². The van der Waals surface area contributed by atoms with Gasteiger partial charge in [-0.15, -0.1) is 0 Å². The summed E-state index contributed by atoms with van der Waals surface area (Å²) in [7, 11) is 0. The first-order chi connectivity index (χ1) is 9.79. The van der Waals surface area contributed by atoms with E-state index in [0.29, 0.717) is 5.92 Å². The van der Waals surface area contributed by atoms with Crippen molar-refractivity contribution in [2.45, 2.75) is 32.6 Å². The number of thiazole rings is 1. The quantitative estimate of drug-likeness (QED) is 0.725. The van der Waals surface area contributed by atoms with Gasteiger partial charge in [-0.3, -0.25) is 0 Å². The van der Waals surface area contributed by atoms with Gasteiger partial charge in [0.05, 0.1) is 12.8 Å². The largest absolute Gasteiger partial charge is 0.483 e. The molecule has 1 heterocycles. The number of unbranched alkanes of at least 4 members (excludes halogenated alkanes) is 1. The number of benzene rings is 1. The summed E-state index contributed by atoms with van der Waals surface area (Å²) in [6, 6.07) is 10.5. The number of anilines is 1. The number of rotatable bonds is 8. The highest BCUT2D eigenvalue weighted by molar-refractivity contribution is 7.17. The summed E-state index contributed by atoms with van der Waals surface area (Å²) in [4.78, 5) is 4.34. The molecule has 1 N–H and O–H groups in total.